The van der Waals surface area contributed by atoms with Crippen molar-refractivity contribution in [1.29, 1.82) is 0 Å². The molecule has 3 aliphatic rings. The van der Waals surface area contributed by atoms with Gasteiger partial charge in [-0.3, -0.25) is 24.6 Å². The number of nitrogens with one attached hydrogen (secondary N) is 2. The average Bonchev–Trinajstić information content (AvgIpc) is 3.33. The second-order valence-corrected chi connectivity index (χ2v) is 9.35. The van der Waals surface area contributed by atoms with Gasteiger partial charge in [0.25, 0.3) is 0 Å². The molecule has 3 amide bonds. The molecule has 2 aromatic carbocycles. The van der Waals surface area contributed by atoms with E-state index in [2.05, 4.69) is 26.6 Å². The Balaban J connectivity index is 1.55. The van der Waals surface area contributed by atoms with Gasteiger partial charge in [-0.15, -0.1) is 0 Å². The maximum atomic E-state index is 13.6. The number of fused-ring (bicyclic) bond motifs is 4. The lowest BCUT2D eigenvalue weighted by Crippen LogP contribution is -2.55. The molecule has 0 saturated carbocycles. The number of aliphatic hydroxyl groups excluding tert-OH is 1. The first-order valence-electron chi connectivity index (χ1n) is 10.3. The van der Waals surface area contributed by atoms with Crippen LogP contribution in [0.5, 0.6) is 0 Å². The van der Waals surface area contributed by atoms with E-state index in [-0.39, 0.29) is 24.3 Å². The van der Waals surface area contributed by atoms with Crippen LogP contribution in [0, 0.1) is 11.8 Å². The minimum atomic E-state index is -1.39. The Morgan fingerprint density at radius 3 is 2.58 bits per heavy atom. The Hall–Kier alpha value is -2.55. The molecule has 8 heteroatoms. The molecule has 7 nitrogen and oxygen atoms in total. The van der Waals surface area contributed by atoms with Gasteiger partial charge in [0.2, 0.25) is 17.7 Å². The summed E-state index contributed by atoms with van der Waals surface area (Å²) in [4.78, 5) is 41.5. The first kappa shape index (κ1) is 20.4. The van der Waals surface area contributed by atoms with Gasteiger partial charge in [-0.1, -0.05) is 46.3 Å². The van der Waals surface area contributed by atoms with E-state index in [1.165, 1.54) is 4.90 Å². The lowest BCUT2D eigenvalue weighted by Gasteiger charge is -2.30. The van der Waals surface area contributed by atoms with E-state index in [1.807, 2.05) is 36.4 Å². The second-order valence-electron chi connectivity index (χ2n) is 8.43. The molecule has 2 saturated heterocycles. The smallest absolute Gasteiger partial charge is 0.250 e. The number of imide groups is 1. The van der Waals surface area contributed by atoms with E-state index >= 15 is 0 Å². The molecule has 0 bridgehead atoms. The highest BCUT2D eigenvalue weighted by Gasteiger charge is 2.71. The molecular formula is C23H22BrN3O4. The van der Waals surface area contributed by atoms with Gasteiger partial charge < -0.3 is 10.4 Å². The lowest BCUT2D eigenvalue weighted by molar-refractivity contribution is -0.143. The summed E-state index contributed by atoms with van der Waals surface area (Å²) in [6, 6.07) is 14.3. The fraction of sp³-hybridized carbons (Fsp3) is 0.348. The number of benzene rings is 2. The lowest BCUT2D eigenvalue weighted by atomic mass is 9.76. The second kappa shape index (κ2) is 7.25. The molecule has 3 heterocycles. The molecular weight excluding hydrogens is 462 g/mol. The van der Waals surface area contributed by atoms with Crippen LogP contribution in [0.2, 0.25) is 0 Å². The van der Waals surface area contributed by atoms with Crippen molar-refractivity contribution in [2.24, 2.45) is 11.8 Å². The van der Waals surface area contributed by atoms with Crippen molar-refractivity contribution in [1.82, 2.24) is 10.2 Å². The molecule has 5 atom stereocenters. The quantitative estimate of drug-likeness (QED) is 0.575. The van der Waals surface area contributed by atoms with Crippen LogP contribution in [-0.4, -0.2) is 46.4 Å². The van der Waals surface area contributed by atoms with Crippen molar-refractivity contribution < 1.29 is 19.5 Å². The Kier molecular flexibility index (Phi) is 4.76. The highest BCUT2D eigenvalue weighted by atomic mass is 79.9. The molecule has 0 aromatic heterocycles. The van der Waals surface area contributed by atoms with Gasteiger partial charge in [0.05, 0.1) is 17.9 Å². The third-order valence-electron chi connectivity index (χ3n) is 6.69. The summed E-state index contributed by atoms with van der Waals surface area (Å²) >= 11 is 3.44. The number of rotatable bonds is 4. The summed E-state index contributed by atoms with van der Waals surface area (Å²) in [6.07, 6.45) is -0.381. The van der Waals surface area contributed by atoms with Crippen LogP contribution in [0.25, 0.3) is 0 Å². The summed E-state index contributed by atoms with van der Waals surface area (Å²) in [5.74, 6) is -2.79. The van der Waals surface area contributed by atoms with E-state index in [4.69, 9.17) is 0 Å². The summed E-state index contributed by atoms with van der Waals surface area (Å²) in [5.41, 5.74) is 0.859. The Morgan fingerprint density at radius 1 is 1.13 bits per heavy atom. The van der Waals surface area contributed by atoms with Gasteiger partial charge in [-0.2, -0.15) is 0 Å². The number of halogens is 1. The first-order chi connectivity index (χ1) is 14.8. The van der Waals surface area contributed by atoms with Crippen LogP contribution in [-0.2, 0) is 26.3 Å². The number of hydrogen-bond acceptors (Lipinski definition) is 5. The fourth-order valence-electron chi connectivity index (χ4n) is 5.28. The van der Waals surface area contributed by atoms with E-state index < -0.39 is 29.5 Å². The van der Waals surface area contributed by atoms with Crippen LogP contribution in [0.15, 0.2) is 53.0 Å². The van der Waals surface area contributed by atoms with Gasteiger partial charge in [-0.05, 0) is 37.1 Å². The van der Waals surface area contributed by atoms with E-state index in [0.717, 1.165) is 10.0 Å². The van der Waals surface area contributed by atoms with Gasteiger partial charge >= 0.3 is 0 Å². The summed E-state index contributed by atoms with van der Waals surface area (Å²) in [6.45, 7) is 1.82. The molecule has 3 aliphatic heterocycles. The number of amides is 3. The Morgan fingerprint density at radius 2 is 1.87 bits per heavy atom. The fourth-order valence-corrected chi connectivity index (χ4v) is 5.65. The van der Waals surface area contributed by atoms with Crippen molar-refractivity contribution in [3.8, 4) is 0 Å². The van der Waals surface area contributed by atoms with Gasteiger partial charge in [-0.25, -0.2) is 0 Å². The molecule has 1 spiro atoms. The van der Waals surface area contributed by atoms with E-state index in [0.29, 0.717) is 17.7 Å². The maximum absolute atomic E-state index is 13.6. The molecule has 0 unspecified atom stereocenters. The van der Waals surface area contributed by atoms with E-state index in [1.54, 1.807) is 19.1 Å². The normalized spacial score (nSPS) is 30.0. The molecule has 2 fully saturated rings. The molecule has 31 heavy (non-hydrogen) atoms. The van der Waals surface area contributed by atoms with Crippen molar-refractivity contribution in [2.45, 2.75) is 31.0 Å². The first-order valence-corrected chi connectivity index (χ1v) is 11.1. The number of hydrogen-bond donors (Lipinski definition) is 3. The highest BCUT2D eigenvalue weighted by molar-refractivity contribution is 9.10. The number of likely N-dealkylation sites (tertiary alicyclic amines) is 1. The van der Waals surface area contributed by atoms with Gasteiger partial charge in [0, 0.05) is 28.3 Å². The number of carbonyl (C=O) groups is 3. The highest BCUT2D eigenvalue weighted by Crippen LogP contribution is 2.53. The van der Waals surface area contributed by atoms with Crippen molar-refractivity contribution in [3.63, 3.8) is 0 Å². The monoisotopic (exact) mass is 483 g/mol. The summed E-state index contributed by atoms with van der Waals surface area (Å²) in [7, 11) is 0. The predicted molar refractivity (Wildman–Crippen MR) is 117 cm³/mol. The van der Waals surface area contributed by atoms with Crippen molar-refractivity contribution in [3.05, 3.63) is 64.1 Å². The Labute approximate surface area is 187 Å². The van der Waals surface area contributed by atoms with Crippen LogP contribution in [0.4, 0.5) is 5.69 Å². The molecule has 5 rings (SSSR count). The van der Waals surface area contributed by atoms with Crippen LogP contribution < -0.4 is 10.6 Å². The SMILES string of the molecule is C[C@H](O)[C@@H]1N[C@]2(C(=O)Nc3ccc(Br)cc32)[C@@H]2C(=O)N(CCc3ccccc3)C(=O)[C@H]12. The summed E-state index contributed by atoms with van der Waals surface area (Å²) in [5, 5.41) is 16.5. The number of carbonyl (C=O) groups excluding carboxylic acids is 3. The number of nitrogens with zero attached hydrogens (tertiary/aromatic N) is 1. The zero-order valence-corrected chi connectivity index (χ0v) is 18.4. The third-order valence-corrected chi connectivity index (χ3v) is 7.18. The van der Waals surface area contributed by atoms with Crippen LogP contribution >= 0.6 is 15.9 Å². The van der Waals surface area contributed by atoms with Crippen molar-refractivity contribution in [2.75, 3.05) is 11.9 Å². The molecule has 2 aromatic rings. The largest absolute Gasteiger partial charge is 0.392 e. The number of aliphatic hydroxyl groups is 1. The standard InChI is InChI=1S/C23H22BrN3O4/c1-12(28)19-17-18(21(30)27(20(17)29)10-9-13-5-3-2-4-6-13)23(26-19)15-11-14(24)7-8-16(15)25-22(23)31/h2-8,11-12,17-19,26,28H,9-10H2,1H3,(H,25,31)/t12-,17-,18-,19-,23-/m0/s1. The third kappa shape index (κ3) is 2.89. The molecule has 0 radical (unpaired) electrons. The van der Waals surface area contributed by atoms with Crippen LogP contribution in [0.3, 0.4) is 0 Å². The van der Waals surface area contributed by atoms with Gasteiger partial charge in [0.1, 0.15) is 5.54 Å². The zero-order chi connectivity index (χ0) is 21.9. The Bertz CT molecular complexity index is 1090. The minimum Gasteiger partial charge on any atom is -0.392 e. The number of anilines is 1. The molecule has 3 N–H and O–H groups in total. The summed E-state index contributed by atoms with van der Waals surface area (Å²) < 4.78 is 0.763. The maximum Gasteiger partial charge on any atom is 0.250 e. The minimum absolute atomic E-state index is 0.240. The molecule has 160 valence electrons. The average molecular weight is 484 g/mol. The van der Waals surface area contributed by atoms with Crippen LogP contribution in [0.1, 0.15) is 18.1 Å². The topological polar surface area (TPSA) is 98.7 Å². The van der Waals surface area contributed by atoms with Gasteiger partial charge in [0.15, 0.2) is 0 Å². The van der Waals surface area contributed by atoms with E-state index in [9.17, 15) is 19.5 Å². The zero-order valence-electron chi connectivity index (χ0n) is 16.8. The molecule has 0 aliphatic carbocycles. The van der Waals surface area contributed by atoms with Crippen molar-refractivity contribution >= 4 is 39.3 Å². The predicted octanol–water partition coefficient (Wildman–Crippen LogP) is 1.79.